The van der Waals surface area contributed by atoms with Gasteiger partial charge in [-0.05, 0) is 12.3 Å². The third-order valence-corrected chi connectivity index (χ3v) is 1.71. The lowest BCUT2D eigenvalue weighted by molar-refractivity contribution is 0.382. The number of hydrogen-bond acceptors (Lipinski definition) is 1. The minimum absolute atomic E-state index is 0.642. The van der Waals surface area contributed by atoms with Crippen LogP contribution in [-0.2, 0) is 4.74 Å². The SMILES string of the molecule is CC(C)CCCC1CO1. The van der Waals surface area contributed by atoms with E-state index in [0.29, 0.717) is 6.10 Å². The monoisotopic (exact) mass is 128 g/mol. The highest BCUT2D eigenvalue weighted by Crippen LogP contribution is 2.18. The van der Waals surface area contributed by atoms with E-state index in [0.717, 1.165) is 12.5 Å². The van der Waals surface area contributed by atoms with Gasteiger partial charge in [0.1, 0.15) is 0 Å². The van der Waals surface area contributed by atoms with E-state index in [4.69, 9.17) is 4.74 Å². The summed E-state index contributed by atoms with van der Waals surface area (Å²) in [5.74, 6) is 0.865. The normalized spacial score (nSPS) is 25.0. The summed E-state index contributed by atoms with van der Waals surface area (Å²) < 4.78 is 5.09. The molecule has 54 valence electrons. The maximum Gasteiger partial charge on any atom is 0.0810 e. The van der Waals surface area contributed by atoms with Crippen LogP contribution in [-0.4, -0.2) is 12.7 Å². The summed E-state index contributed by atoms with van der Waals surface area (Å²) >= 11 is 0. The first kappa shape index (κ1) is 7.07. The van der Waals surface area contributed by atoms with E-state index in [1.807, 2.05) is 0 Å². The lowest BCUT2D eigenvalue weighted by atomic mass is 10.1. The predicted octanol–water partition coefficient (Wildman–Crippen LogP) is 2.21. The van der Waals surface area contributed by atoms with Crippen LogP contribution in [0.2, 0.25) is 0 Å². The Balaban J connectivity index is 1.81. The molecular formula is C8H16O. The minimum atomic E-state index is 0.642. The molecule has 1 rings (SSSR count). The average molecular weight is 128 g/mol. The van der Waals surface area contributed by atoms with Gasteiger partial charge in [-0.3, -0.25) is 0 Å². The average Bonchev–Trinajstić information content (AvgIpc) is 2.48. The van der Waals surface area contributed by atoms with Crippen molar-refractivity contribution >= 4 is 0 Å². The van der Waals surface area contributed by atoms with E-state index in [9.17, 15) is 0 Å². The molecule has 1 atom stereocenters. The topological polar surface area (TPSA) is 12.5 Å². The van der Waals surface area contributed by atoms with Gasteiger partial charge in [-0.25, -0.2) is 0 Å². The Labute approximate surface area is 57.4 Å². The molecule has 0 aliphatic carbocycles. The van der Waals surface area contributed by atoms with Gasteiger partial charge < -0.3 is 4.74 Å². The van der Waals surface area contributed by atoms with E-state index < -0.39 is 0 Å². The molecule has 0 bridgehead atoms. The Bertz CT molecular complexity index is 72.6. The largest absolute Gasteiger partial charge is 0.373 e. The number of rotatable bonds is 4. The smallest absolute Gasteiger partial charge is 0.0810 e. The number of hydrogen-bond donors (Lipinski definition) is 0. The van der Waals surface area contributed by atoms with Gasteiger partial charge in [0.2, 0.25) is 0 Å². The zero-order valence-electron chi connectivity index (χ0n) is 6.39. The lowest BCUT2D eigenvalue weighted by Crippen LogP contribution is -1.90. The summed E-state index contributed by atoms with van der Waals surface area (Å²) in [5.41, 5.74) is 0. The maximum atomic E-state index is 5.09. The summed E-state index contributed by atoms with van der Waals surface area (Å²) in [4.78, 5) is 0. The van der Waals surface area contributed by atoms with Crippen LogP contribution in [0.25, 0.3) is 0 Å². The third kappa shape index (κ3) is 3.52. The van der Waals surface area contributed by atoms with E-state index in [-0.39, 0.29) is 0 Å². The highest BCUT2D eigenvalue weighted by atomic mass is 16.6. The summed E-state index contributed by atoms with van der Waals surface area (Å²) in [6.45, 7) is 5.57. The van der Waals surface area contributed by atoms with Crippen LogP contribution in [0.3, 0.4) is 0 Å². The van der Waals surface area contributed by atoms with Gasteiger partial charge in [0.15, 0.2) is 0 Å². The van der Waals surface area contributed by atoms with Gasteiger partial charge >= 0.3 is 0 Å². The van der Waals surface area contributed by atoms with Crippen LogP contribution >= 0.6 is 0 Å². The first-order chi connectivity index (χ1) is 4.29. The van der Waals surface area contributed by atoms with E-state index in [1.165, 1.54) is 19.3 Å². The Kier molecular flexibility index (Phi) is 2.52. The van der Waals surface area contributed by atoms with Crippen molar-refractivity contribution in [2.45, 2.75) is 39.2 Å². The molecule has 0 spiro atoms. The molecule has 1 fully saturated rings. The van der Waals surface area contributed by atoms with E-state index >= 15 is 0 Å². The molecule has 1 aliphatic rings. The zero-order chi connectivity index (χ0) is 6.69. The molecular weight excluding hydrogens is 112 g/mol. The van der Waals surface area contributed by atoms with E-state index in [2.05, 4.69) is 13.8 Å². The molecule has 0 saturated carbocycles. The van der Waals surface area contributed by atoms with Gasteiger partial charge in [0.05, 0.1) is 12.7 Å². The van der Waals surface area contributed by atoms with Crippen LogP contribution in [0.5, 0.6) is 0 Å². The summed E-state index contributed by atoms with van der Waals surface area (Å²) in [6.07, 6.45) is 4.64. The molecule has 1 unspecified atom stereocenters. The second-order valence-corrected chi connectivity index (χ2v) is 3.28. The molecule has 1 heterocycles. The van der Waals surface area contributed by atoms with Crippen molar-refractivity contribution in [3.8, 4) is 0 Å². The maximum absolute atomic E-state index is 5.09. The summed E-state index contributed by atoms with van der Waals surface area (Å²) in [6, 6.07) is 0. The molecule has 0 aromatic heterocycles. The van der Waals surface area contributed by atoms with Crippen molar-refractivity contribution in [3.63, 3.8) is 0 Å². The lowest BCUT2D eigenvalue weighted by Gasteiger charge is -2.00. The van der Waals surface area contributed by atoms with Gasteiger partial charge in [-0.1, -0.05) is 26.7 Å². The molecule has 0 aromatic rings. The van der Waals surface area contributed by atoms with Gasteiger partial charge in [-0.2, -0.15) is 0 Å². The fraction of sp³-hybridized carbons (Fsp3) is 1.00. The molecule has 9 heavy (non-hydrogen) atoms. The molecule has 1 aliphatic heterocycles. The van der Waals surface area contributed by atoms with Crippen molar-refractivity contribution in [1.82, 2.24) is 0 Å². The second-order valence-electron chi connectivity index (χ2n) is 3.28. The van der Waals surface area contributed by atoms with Crippen molar-refractivity contribution in [2.75, 3.05) is 6.61 Å². The van der Waals surface area contributed by atoms with Crippen LogP contribution in [0.1, 0.15) is 33.1 Å². The van der Waals surface area contributed by atoms with Crippen LogP contribution in [0.15, 0.2) is 0 Å². The molecule has 1 saturated heterocycles. The Hall–Kier alpha value is -0.0400. The Morgan fingerprint density at radius 1 is 1.56 bits per heavy atom. The highest BCUT2D eigenvalue weighted by Gasteiger charge is 2.20. The second kappa shape index (κ2) is 3.21. The Morgan fingerprint density at radius 3 is 2.67 bits per heavy atom. The Morgan fingerprint density at radius 2 is 2.22 bits per heavy atom. The molecule has 0 aromatic carbocycles. The van der Waals surface area contributed by atoms with Crippen LogP contribution in [0, 0.1) is 5.92 Å². The summed E-state index contributed by atoms with van der Waals surface area (Å²) in [5, 5.41) is 0. The molecule has 0 radical (unpaired) electrons. The predicted molar refractivity (Wildman–Crippen MR) is 38.4 cm³/mol. The van der Waals surface area contributed by atoms with E-state index in [1.54, 1.807) is 0 Å². The molecule has 1 nitrogen and oxygen atoms in total. The first-order valence-corrected chi connectivity index (χ1v) is 3.90. The first-order valence-electron chi connectivity index (χ1n) is 3.90. The van der Waals surface area contributed by atoms with Gasteiger partial charge in [0.25, 0.3) is 0 Å². The molecule has 0 N–H and O–H groups in total. The van der Waals surface area contributed by atoms with Crippen LogP contribution < -0.4 is 0 Å². The molecule has 1 heteroatoms. The fourth-order valence-electron chi connectivity index (χ4n) is 0.988. The van der Waals surface area contributed by atoms with Gasteiger partial charge in [0, 0.05) is 0 Å². The molecule has 0 amide bonds. The van der Waals surface area contributed by atoms with Gasteiger partial charge in [-0.15, -0.1) is 0 Å². The quantitative estimate of drug-likeness (QED) is 0.529. The highest BCUT2D eigenvalue weighted by molar-refractivity contribution is 4.68. The fourth-order valence-corrected chi connectivity index (χ4v) is 0.988. The zero-order valence-corrected chi connectivity index (χ0v) is 6.39. The van der Waals surface area contributed by atoms with Crippen molar-refractivity contribution in [3.05, 3.63) is 0 Å². The number of epoxide rings is 1. The number of ether oxygens (including phenoxy) is 1. The summed E-state index contributed by atoms with van der Waals surface area (Å²) in [7, 11) is 0. The van der Waals surface area contributed by atoms with Crippen molar-refractivity contribution in [1.29, 1.82) is 0 Å². The minimum Gasteiger partial charge on any atom is -0.373 e. The van der Waals surface area contributed by atoms with Crippen molar-refractivity contribution in [2.24, 2.45) is 5.92 Å². The third-order valence-electron chi connectivity index (χ3n) is 1.71. The van der Waals surface area contributed by atoms with Crippen molar-refractivity contribution < 1.29 is 4.74 Å². The van der Waals surface area contributed by atoms with Crippen LogP contribution in [0.4, 0.5) is 0 Å². The standard InChI is InChI=1S/C8H16O/c1-7(2)4-3-5-8-6-9-8/h7-8H,3-6H2,1-2H3.